The van der Waals surface area contributed by atoms with Gasteiger partial charge in [-0.05, 0) is 51.4 Å². The van der Waals surface area contributed by atoms with Gasteiger partial charge in [-0.15, -0.1) is 0 Å². The summed E-state index contributed by atoms with van der Waals surface area (Å²) in [5.41, 5.74) is 0. The molecule has 2 atom stereocenters. The highest BCUT2D eigenvalue weighted by atomic mass is 32.2. The predicted octanol–water partition coefficient (Wildman–Crippen LogP) is 6.45. The van der Waals surface area contributed by atoms with Crippen molar-refractivity contribution >= 4 is 16.0 Å². The molecule has 0 aromatic rings. The molecule has 0 rings (SSSR count). The number of aliphatic hydroxyl groups excluding tert-OH is 1. The first kappa shape index (κ1) is 33.3. The van der Waals surface area contributed by atoms with Crippen molar-refractivity contribution in [2.24, 2.45) is 0 Å². The van der Waals surface area contributed by atoms with E-state index in [2.05, 4.69) is 67.8 Å². The van der Waals surface area contributed by atoms with Crippen LogP contribution in [0.5, 0.6) is 0 Å². The minimum Gasteiger partial charge on any atom is -0.391 e. The van der Waals surface area contributed by atoms with E-state index in [1.54, 1.807) is 0 Å². The number of amides is 1. The molecule has 0 aromatic carbocycles. The van der Waals surface area contributed by atoms with Gasteiger partial charge >= 0.3 is 0 Å². The smallest absolute Gasteiger partial charge is 0.266 e. The highest BCUT2D eigenvalue weighted by Gasteiger charge is 2.25. The van der Waals surface area contributed by atoms with Crippen molar-refractivity contribution in [3.8, 4) is 0 Å². The predicted molar refractivity (Wildman–Crippen MR) is 147 cm³/mol. The number of rotatable bonds is 22. The summed E-state index contributed by atoms with van der Waals surface area (Å²) in [6, 6.07) is -0.988. The molecule has 0 saturated carbocycles. The van der Waals surface area contributed by atoms with Crippen molar-refractivity contribution in [1.29, 1.82) is 0 Å². The van der Waals surface area contributed by atoms with Gasteiger partial charge in [-0.2, -0.15) is 8.42 Å². The molecule has 0 aliphatic heterocycles. The van der Waals surface area contributed by atoms with E-state index in [1.165, 1.54) is 0 Å². The van der Waals surface area contributed by atoms with E-state index in [9.17, 15) is 22.9 Å². The summed E-state index contributed by atoms with van der Waals surface area (Å²) in [4.78, 5) is 12.3. The molecule has 7 heteroatoms. The van der Waals surface area contributed by atoms with Crippen LogP contribution in [0.25, 0.3) is 0 Å². The molecule has 0 fully saturated rings. The average Bonchev–Trinajstić information content (AvgIpc) is 2.80. The minimum atomic E-state index is -4.30. The van der Waals surface area contributed by atoms with Crippen LogP contribution in [0.4, 0.5) is 0 Å². The Kier molecular flexibility index (Phi) is 21.6. The Bertz CT molecular complexity index is 740. The Morgan fingerprint density at radius 1 is 0.800 bits per heavy atom. The zero-order valence-corrected chi connectivity index (χ0v) is 22.7. The van der Waals surface area contributed by atoms with Crippen LogP contribution in [-0.4, -0.2) is 41.9 Å². The number of allylic oxidation sites excluding steroid dienone is 8. The van der Waals surface area contributed by atoms with Gasteiger partial charge in [0.15, 0.2) is 0 Å². The van der Waals surface area contributed by atoms with Crippen molar-refractivity contribution in [3.63, 3.8) is 0 Å². The molecular weight excluding hydrogens is 462 g/mol. The Balaban J connectivity index is 4.12. The number of carbonyl (C=O) groups is 1. The lowest BCUT2D eigenvalue weighted by molar-refractivity contribution is -0.122. The molecule has 0 aliphatic rings. The first-order valence-corrected chi connectivity index (χ1v) is 14.9. The minimum absolute atomic E-state index is 0.263. The third-order valence-corrected chi connectivity index (χ3v) is 6.33. The summed E-state index contributed by atoms with van der Waals surface area (Å²) in [6.45, 7) is 4.25. The molecule has 6 nitrogen and oxygen atoms in total. The quantitative estimate of drug-likeness (QED) is 0.0881. The lowest BCUT2D eigenvalue weighted by Crippen LogP contribution is -2.47. The molecule has 35 heavy (non-hydrogen) atoms. The molecule has 0 aliphatic carbocycles. The molecule has 2 unspecified atom stereocenters. The van der Waals surface area contributed by atoms with Gasteiger partial charge in [-0.3, -0.25) is 9.35 Å². The molecule has 3 N–H and O–H groups in total. The third kappa shape index (κ3) is 23.8. The Morgan fingerprint density at radius 3 is 1.94 bits per heavy atom. The second-order valence-electron chi connectivity index (χ2n) is 8.94. The second-order valence-corrected chi connectivity index (χ2v) is 10.4. The molecule has 202 valence electrons. The number of nitrogens with one attached hydrogen (secondary N) is 1. The number of carbonyl (C=O) groups excluding carboxylic acids is 1. The Hall–Kier alpha value is -1.70. The molecule has 0 radical (unpaired) electrons. The maximum Gasteiger partial charge on any atom is 0.266 e. The molecular formula is C28H49NO5S. The zero-order chi connectivity index (χ0) is 26.2. The highest BCUT2D eigenvalue weighted by Crippen LogP contribution is 2.11. The fraction of sp³-hybridized carbons (Fsp3) is 0.679. The van der Waals surface area contributed by atoms with Crippen molar-refractivity contribution < 1.29 is 22.9 Å². The summed E-state index contributed by atoms with van der Waals surface area (Å²) < 4.78 is 31.9. The zero-order valence-electron chi connectivity index (χ0n) is 21.9. The van der Waals surface area contributed by atoms with Gasteiger partial charge in [0.05, 0.1) is 17.9 Å². The SMILES string of the molecule is CC/C=C\C/C=C\C/C=C\C/C=C\CCCCC(=O)NC(CS(=O)(=O)O)C(O)CCCCCCC. The fourth-order valence-corrected chi connectivity index (χ4v) is 4.32. The molecule has 1 amide bonds. The Labute approximate surface area is 214 Å². The maximum atomic E-state index is 12.3. The van der Waals surface area contributed by atoms with E-state index >= 15 is 0 Å². The molecule has 0 heterocycles. The number of hydrogen-bond acceptors (Lipinski definition) is 4. The van der Waals surface area contributed by atoms with E-state index in [1.807, 2.05) is 0 Å². The van der Waals surface area contributed by atoms with Crippen molar-refractivity contribution in [1.82, 2.24) is 5.32 Å². The summed E-state index contributed by atoms with van der Waals surface area (Å²) in [7, 11) is -4.30. The summed E-state index contributed by atoms with van der Waals surface area (Å²) in [6.07, 6.45) is 28.2. The van der Waals surface area contributed by atoms with Gasteiger partial charge < -0.3 is 10.4 Å². The van der Waals surface area contributed by atoms with Crippen LogP contribution in [-0.2, 0) is 14.9 Å². The monoisotopic (exact) mass is 511 g/mol. The third-order valence-electron chi connectivity index (χ3n) is 5.55. The average molecular weight is 512 g/mol. The van der Waals surface area contributed by atoms with Crippen LogP contribution in [0.15, 0.2) is 48.6 Å². The number of unbranched alkanes of at least 4 members (excludes halogenated alkanes) is 6. The first-order valence-electron chi connectivity index (χ1n) is 13.3. The second kappa shape index (κ2) is 22.7. The van der Waals surface area contributed by atoms with Crippen LogP contribution in [0.2, 0.25) is 0 Å². The van der Waals surface area contributed by atoms with Crippen LogP contribution in [0.1, 0.15) is 104 Å². The summed E-state index contributed by atoms with van der Waals surface area (Å²) in [5, 5.41) is 13.0. The van der Waals surface area contributed by atoms with Crippen LogP contribution < -0.4 is 5.32 Å². The maximum absolute atomic E-state index is 12.3. The van der Waals surface area contributed by atoms with Crippen molar-refractivity contribution in [2.75, 3.05) is 5.75 Å². The van der Waals surface area contributed by atoms with Gasteiger partial charge in [-0.25, -0.2) is 0 Å². The largest absolute Gasteiger partial charge is 0.391 e. The van der Waals surface area contributed by atoms with Crippen LogP contribution in [0.3, 0.4) is 0 Å². The standard InChI is InChI=1S/C28H49NO5S/c1-3-5-7-9-10-11-12-13-14-15-16-17-18-20-22-24-28(31)29-26(25-35(32,33)34)27(30)23-21-19-8-6-4-2/h5,7,10-11,13-14,16-17,26-27,30H,3-4,6,8-9,12,15,18-25H2,1-2H3,(H,29,31)(H,32,33,34)/b7-5-,11-10-,14-13-,17-16-. The van der Waals surface area contributed by atoms with E-state index in [4.69, 9.17) is 0 Å². The number of aliphatic hydroxyl groups is 1. The van der Waals surface area contributed by atoms with Gasteiger partial charge in [0.25, 0.3) is 10.1 Å². The summed E-state index contributed by atoms with van der Waals surface area (Å²) >= 11 is 0. The molecule has 0 saturated heterocycles. The summed E-state index contributed by atoms with van der Waals surface area (Å²) in [5.74, 6) is -0.967. The first-order chi connectivity index (χ1) is 16.8. The van der Waals surface area contributed by atoms with Gasteiger partial charge in [0.1, 0.15) is 0 Å². The lowest BCUT2D eigenvalue weighted by Gasteiger charge is -2.23. The number of hydrogen-bond donors (Lipinski definition) is 3. The van der Waals surface area contributed by atoms with Gasteiger partial charge in [0.2, 0.25) is 5.91 Å². The Morgan fingerprint density at radius 2 is 1.37 bits per heavy atom. The van der Waals surface area contributed by atoms with E-state index in [0.717, 1.165) is 70.6 Å². The van der Waals surface area contributed by atoms with Crippen LogP contribution in [0, 0.1) is 0 Å². The topological polar surface area (TPSA) is 104 Å². The van der Waals surface area contributed by atoms with Crippen LogP contribution >= 0.6 is 0 Å². The lowest BCUT2D eigenvalue weighted by atomic mass is 10.0. The van der Waals surface area contributed by atoms with E-state index in [-0.39, 0.29) is 12.3 Å². The van der Waals surface area contributed by atoms with Crippen molar-refractivity contribution in [2.45, 2.75) is 116 Å². The van der Waals surface area contributed by atoms with Gasteiger partial charge in [-0.1, -0.05) is 94.6 Å². The molecule has 0 aromatic heterocycles. The molecule has 0 bridgehead atoms. The van der Waals surface area contributed by atoms with Gasteiger partial charge in [0, 0.05) is 6.42 Å². The normalized spacial score (nSPS) is 14.5. The molecule has 0 spiro atoms. The highest BCUT2D eigenvalue weighted by molar-refractivity contribution is 7.85. The van der Waals surface area contributed by atoms with E-state index < -0.39 is 28.0 Å². The van der Waals surface area contributed by atoms with E-state index in [0.29, 0.717) is 12.8 Å². The fourth-order valence-electron chi connectivity index (χ4n) is 3.56. The van der Waals surface area contributed by atoms with Crippen molar-refractivity contribution in [3.05, 3.63) is 48.6 Å².